The van der Waals surface area contributed by atoms with Gasteiger partial charge < -0.3 is 4.90 Å². The lowest BCUT2D eigenvalue weighted by Gasteiger charge is -2.33. The molecule has 0 saturated carbocycles. The van der Waals surface area contributed by atoms with Crippen molar-refractivity contribution in [3.63, 3.8) is 0 Å². The first kappa shape index (κ1) is 9.56. The smallest absolute Gasteiger partial charge is 0.0961 e. The molecule has 0 amide bonds. The normalized spacial score (nSPS) is 21.4. The average Bonchev–Trinajstić information content (AvgIpc) is 2.30. The highest BCUT2D eigenvalue weighted by molar-refractivity contribution is 5.80. The summed E-state index contributed by atoms with van der Waals surface area (Å²) in [5.41, 5.74) is 0.242. The molecule has 2 nitrogen and oxygen atoms in total. The number of hydrogen-bond donors (Lipinski definition) is 1. The van der Waals surface area contributed by atoms with Crippen LogP contribution >= 0.6 is 0 Å². The third kappa shape index (κ3) is 1.79. The van der Waals surface area contributed by atoms with E-state index >= 15 is 0 Å². The molecule has 1 aliphatic heterocycles. The Morgan fingerprint density at radius 2 is 2.17 bits per heavy atom. The Kier molecular flexibility index (Phi) is 2.76. The van der Waals surface area contributed by atoms with Gasteiger partial charge in [0.25, 0.3) is 0 Å². The summed E-state index contributed by atoms with van der Waals surface area (Å²) in [6.07, 6.45) is 4.51. The molecule has 0 aromatic rings. The van der Waals surface area contributed by atoms with Gasteiger partial charge >= 0.3 is 0 Å². The Hall–Kier alpha value is -0.530. The molecule has 70 valence electrons. The van der Waals surface area contributed by atoms with Crippen molar-refractivity contribution in [2.45, 2.75) is 52.0 Å². The van der Waals surface area contributed by atoms with Crippen LogP contribution in [0.25, 0.3) is 0 Å². The molecule has 0 atom stereocenters. The minimum Gasteiger partial charge on any atom is -0.355 e. The van der Waals surface area contributed by atoms with Gasteiger partial charge in [-0.1, -0.05) is 6.92 Å². The van der Waals surface area contributed by atoms with E-state index in [2.05, 4.69) is 25.7 Å². The van der Waals surface area contributed by atoms with E-state index < -0.39 is 0 Å². The summed E-state index contributed by atoms with van der Waals surface area (Å²) in [6.45, 7) is 7.71. The Labute approximate surface area is 75.5 Å². The molecule has 0 aromatic heterocycles. The quantitative estimate of drug-likeness (QED) is 0.498. The molecule has 1 N–H and O–H groups in total. The van der Waals surface area contributed by atoms with Gasteiger partial charge in [0.1, 0.15) is 0 Å². The predicted octanol–water partition coefficient (Wildman–Crippen LogP) is 2.64. The summed E-state index contributed by atoms with van der Waals surface area (Å²) < 4.78 is 0. The summed E-state index contributed by atoms with van der Waals surface area (Å²) in [7, 11) is 0. The van der Waals surface area contributed by atoms with Gasteiger partial charge in [0.05, 0.1) is 5.84 Å². The second kappa shape index (κ2) is 3.46. The first-order chi connectivity index (χ1) is 5.58. The van der Waals surface area contributed by atoms with Crippen molar-refractivity contribution in [3.05, 3.63) is 0 Å². The third-order valence-electron chi connectivity index (χ3n) is 2.71. The molecule has 2 heteroatoms. The van der Waals surface area contributed by atoms with E-state index in [0.29, 0.717) is 0 Å². The highest BCUT2D eigenvalue weighted by Crippen LogP contribution is 2.28. The third-order valence-corrected chi connectivity index (χ3v) is 2.71. The molecule has 1 fully saturated rings. The highest BCUT2D eigenvalue weighted by atomic mass is 15.2. The van der Waals surface area contributed by atoms with Gasteiger partial charge in [0.2, 0.25) is 0 Å². The van der Waals surface area contributed by atoms with Crippen molar-refractivity contribution in [1.29, 1.82) is 5.41 Å². The van der Waals surface area contributed by atoms with Gasteiger partial charge in [-0.05, 0) is 33.1 Å². The SMILES string of the molecule is CCCC(=N)N1CCCC1(C)C. The van der Waals surface area contributed by atoms with Crippen molar-refractivity contribution in [3.8, 4) is 0 Å². The molecule has 0 bridgehead atoms. The lowest BCUT2D eigenvalue weighted by molar-refractivity contribution is 0.275. The maximum atomic E-state index is 7.87. The Bertz CT molecular complexity index is 173. The molecule has 0 radical (unpaired) electrons. The zero-order chi connectivity index (χ0) is 9.19. The number of amidine groups is 1. The lowest BCUT2D eigenvalue weighted by Crippen LogP contribution is -2.42. The van der Waals surface area contributed by atoms with Gasteiger partial charge in [-0.3, -0.25) is 5.41 Å². The second-order valence-electron chi connectivity index (χ2n) is 4.26. The summed E-state index contributed by atoms with van der Waals surface area (Å²) in [6, 6.07) is 0. The minimum atomic E-state index is 0.242. The molecule has 1 heterocycles. The van der Waals surface area contributed by atoms with E-state index in [1.54, 1.807) is 0 Å². The number of rotatable bonds is 2. The van der Waals surface area contributed by atoms with Crippen LogP contribution in [0.3, 0.4) is 0 Å². The first-order valence-electron chi connectivity index (χ1n) is 4.93. The topological polar surface area (TPSA) is 27.1 Å². The number of likely N-dealkylation sites (tertiary alicyclic amines) is 1. The van der Waals surface area contributed by atoms with Crippen LogP contribution in [0, 0.1) is 5.41 Å². The molecule has 0 aliphatic carbocycles. The van der Waals surface area contributed by atoms with Crippen LogP contribution in [0.1, 0.15) is 46.5 Å². The molecule has 1 saturated heterocycles. The molecule has 12 heavy (non-hydrogen) atoms. The Morgan fingerprint density at radius 1 is 1.50 bits per heavy atom. The highest BCUT2D eigenvalue weighted by Gasteiger charge is 2.32. The number of hydrogen-bond acceptors (Lipinski definition) is 1. The molecule has 1 rings (SSSR count). The maximum Gasteiger partial charge on any atom is 0.0961 e. The van der Waals surface area contributed by atoms with E-state index in [4.69, 9.17) is 5.41 Å². The monoisotopic (exact) mass is 168 g/mol. The summed E-state index contributed by atoms with van der Waals surface area (Å²) >= 11 is 0. The Balaban J connectivity index is 2.56. The maximum absolute atomic E-state index is 7.87. The van der Waals surface area contributed by atoms with Gasteiger partial charge in [-0.2, -0.15) is 0 Å². The van der Waals surface area contributed by atoms with E-state index in [1.165, 1.54) is 12.8 Å². The lowest BCUT2D eigenvalue weighted by atomic mass is 10.0. The van der Waals surface area contributed by atoms with Crippen molar-refractivity contribution in [1.82, 2.24) is 4.90 Å². The van der Waals surface area contributed by atoms with Crippen molar-refractivity contribution in [2.24, 2.45) is 0 Å². The van der Waals surface area contributed by atoms with Crippen LogP contribution in [-0.4, -0.2) is 22.8 Å². The fourth-order valence-electron chi connectivity index (χ4n) is 1.98. The largest absolute Gasteiger partial charge is 0.355 e. The van der Waals surface area contributed by atoms with Crippen LogP contribution in [0.15, 0.2) is 0 Å². The fourth-order valence-corrected chi connectivity index (χ4v) is 1.98. The van der Waals surface area contributed by atoms with Crippen LogP contribution in [0.4, 0.5) is 0 Å². The van der Waals surface area contributed by atoms with E-state index in [0.717, 1.165) is 25.2 Å². The molecule has 1 aliphatic rings. The van der Waals surface area contributed by atoms with Crippen molar-refractivity contribution >= 4 is 5.84 Å². The second-order valence-corrected chi connectivity index (χ2v) is 4.26. The van der Waals surface area contributed by atoms with Gasteiger partial charge in [-0.25, -0.2) is 0 Å². The van der Waals surface area contributed by atoms with Gasteiger partial charge in [-0.15, -0.1) is 0 Å². The van der Waals surface area contributed by atoms with Crippen LogP contribution in [0.2, 0.25) is 0 Å². The molecule has 0 spiro atoms. The zero-order valence-corrected chi connectivity index (χ0v) is 8.48. The average molecular weight is 168 g/mol. The molecule has 0 unspecified atom stereocenters. The molecule has 0 aromatic carbocycles. The zero-order valence-electron chi connectivity index (χ0n) is 8.48. The number of nitrogens with one attached hydrogen (secondary N) is 1. The van der Waals surface area contributed by atoms with Crippen LogP contribution in [0.5, 0.6) is 0 Å². The standard InChI is InChI=1S/C10H20N2/c1-4-6-9(11)12-8-5-7-10(12,2)3/h11H,4-8H2,1-3H3. The van der Waals surface area contributed by atoms with Gasteiger partial charge in [0, 0.05) is 18.5 Å². The molecular weight excluding hydrogens is 148 g/mol. The summed E-state index contributed by atoms with van der Waals surface area (Å²) in [5.74, 6) is 0.833. The minimum absolute atomic E-state index is 0.242. The molecular formula is C10H20N2. The van der Waals surface area contributed by atoms with Crippen molar-refractivity contribution < 1.29 is 0 Å². The summed E-state index contributed by atoms with van der Waals surface area (Å²) in [5, 5.41) is 7.87. The van der Waals surface area contributed by atoms with E-state index in [1.807, 2.05) is 0 Å². The number of nitrogens with zero attached hydrogens (tertiary/aromatic N) is 1. The predicted molar refractivity (Wildman–Crippen MR) is 52.7 cm³/mol. The first-order valence-corrected chi connectivity index (χ1v) is 4.93. The summed E-state index contributed by atoms with van der Waals surface area (Å²) in [4.78, 5) is 2.26. The van der Waals surface area contributed by atoms with Crippen molar-refractivity contribution in [2.75, 3.05) is 6.54 Å². The Morgan fingerprint density at radius 3 is 2.58 bits per heavy atom. The van der Waals surface area contributed by atoms with Crippen LogP contribution in [-0.2, 0) is 0 Å². The van der Waals surface area contributed by atoms with E-state index in [9.17, 15) is 0 Å². The van der Waals surface area contributed by atoms with Gasteiger partial charge in [0.15, 0.2) is 0 Å². The fraction of sp³-hybridized carbons (Fsp3) is 0.900. The van der Waals surface area contributed by atoms with E-state index in [-0.39, 0.29) is 5.54 Å². The van der Waals surface area contributed by atoms with Crippen LogP contribution < -0.4 is 0 Å².